The van der Waals surface area contributed by atoms with Crippen molar-refractivity contribution in [3.63, 3.8) is 0 Å². The number of benzene rings is 1. The topological polar surface area (TPSA) is 61.8 Å². The molecule has 0 N–H and O–H groups in total. The van der Waals surface area contributed by atoms with Gasteiger partial charge in [0.1, 0.15) is 11.6 Å². The summed E-state index contributed by atoms with van der Waals surface area (Å²) in [4.78, 5) is 28.0. The normalized spacial score (nSPS) is 23.3. The van der Waals surface area contributed by atoms with E-state index in [4.69, 9.17) is 16.3 Å². The second kappa shape index (κ2) is 11.3. The van der Waals surface area contributed by atoms with E-state index in [0.717, 1.165) is 69.5 Å². The Bertz CT molecular complexity index is 1230. The quantitative estimate of drug-likeness (QED) is 0.461. The molecule has 2 aromatic rings. The number of hydrogen-bond acceptors (Lipinski definition) is 6. The number of carbonyl (C=O) groups excluding carboxylic acids is 1. The summed E-state index contributed by atoms with van der Waals surface area (Å²) in [6.07, 6.45) is 9.89. The van der Waals surface area contributed by atoms with Crippen LogP contribution in [0.25, 0.3) is 0 Å². The highest BCUT2D eigenvalue weighted by atomic mass is 35.5. The molecule has 1 saturated carbocycles. The zero-order chi connectivity index (χ0) is 26.9. The van der Waals surface area contributed by atoms with Crippen LogP contribution in [0.3, 0.4) is 0 Å². The first kappa shape index (κ1) is 26.4. The standard InChI is InChI=1S/C30H37ClFN5O2/c1-35-9-4-23-19-37(12-7-28(23)35)29(38)15-22-2-3-25(16-27(22)32)39-13-8-21-14-26(21)20-5-10-36(11-6-20)30-33-17-24(31)18-34-30/h2-3,16-18,20-21,26H,4-15,19H2,1H3/t21-,26-/m1/s1. The van der Waals surface area contributed by atoms with Crippen molar-refractivity contribution in [3.8, 4) is 5.75 Å². The van der Waals surface area contributed by atoms with Crippen LogP contribution in [0.1, 0.15) is 44.1 Å². The highest BCUT2D eigenvalue weighted by Gasteiger charge is 2.43. The number of aromatic nitrogens is 2. The third-order valence-electron chi connectivity index (χ3n) is 9.11. The zero-order valence-electron chi connectivity index (χ0n) is 22.6. The fourth-order valence-corrected chi connectivity index (χ4v) is 6.79. The van der Waals surface area contributed by atoms with Gasteiger partial charge in [-0.15, -0.1) is 0 Å². The van der Waals surface area contributed by atoms with E-state index in [0.29, 0.717) is 41.9 Å². The number of ether oxygens (including phenoxy) is 1. The summed E-state index contributed by atoms with van der Waals surface area (Å²) in [5, 5.41) is 0.562. The first-order valence-corrected chi connectivity index (χ1v) is 14.7. The van der Waals surface area contributed by atoms with Crippen LogP contribution in [0, 0.1) is 23.6 Å². The number of nitrogens with zero attached hydrogens (tertiary/aromatic N) is 5. The molecule has 2 fully saturated rings. The van der Waals surface area contributed by atoms with Crippen molar-refractivity contribution in [2.45, 2.75) is 44.9 Å². The van der Waals surface area contributed by atoms with E-state index in [1.165, 1.54) is 23.8 Å². The fourth-order valence-electron chi connectivity index (χ4n) is 6.69. The van der Waals surface area contributed by atoms with Crippen LogP contribution in [-0.2, 0) is 11.2 Å². The Hall–Kier alpha value is -2.87. The maximum atomic E-state index is 14.8. The van der Waals surface area contributed by atoms with Gasteiger partial charge in [-0.05, 0) is 67.1 Å². The molecule has 0 spiro atoms. The van der Waals surface area contributed by atoms with E-state index in [1.807, 2.05) is 4.90 Å². The van der Waals surface area contributed by atoms with Crippen molar-refractivity contribution in [1.82, 2.24) is 19.8 Å². The van der Waals surface area contributed by atoms with Gasteiger partial charge in [0.15, 0.2) is 0 Å². The molecular formula is C30H37ClFN5O2. The van der Waals surface area contributed by atoms with E-state index >= 15 is 0 Å². The van der Waals surface area contributed by atoms with Gasteiger partial charge >= 0.3 is 0 Å². The molecule has 0 radical (unpaired) electrons. The largest absolute Gasteiger partial charge is 0.493 e. The maximum absolute atomic E-state index is 14.8. The Morgan fingerprint density at radius 1 is 1.13 bits per heavy atom. The van der Waals surface area contributed by atoms with Crippen molar-refractivity contribution < 1.29 is 13.9 Å². The average molecular weight is 554 g/mol. The molecular weight excluding hydrogens is 517 g/mol. The SMILES string of the molecule is CN1CCC2=C1CCN(C(=O)Cc1ccc(OCC[C@@H]3C[C@@H]3C3CCN(c4ncc(Cl)cn4)CC3)cc1F)C2. The van der Waals surface area contributed by atoms with Crippen molar-refractivity contribution in [2.24, 2.45) is 17.8 Å². The summed E-state index contributed by atoms with van der Waals surface area (Å²) < 4.78 is 20.7. The van der Waals surface area contributed by atoms with Gasteiger partial charge in [-0.3, -0.25) is 4.79 Å². The lowest BCUT2D eigenvalue weighted by Crippen LogP contribution is -2.38. The van der Waals surface area contributed by atoms with Gasteiger partial charge in [0.25, 0.3) is 0 Å². The highest BCUT2D eigenvalue weighted by Crippen LogP contribution is 2.50. The van der Waals surface area contributed by atoms with Crippen molar-refractivity contribution in [1.29, 1.82) is 0 Å². The van der Waals surface area contributed by atoms with Gasteiger partial charge in [-0.25, -0.2) is 14.4 Å². The van der Waals surface area contributed by atoms with Crippen LogP contribution < -0.4 is 9.64 Å². The first-order chi connectivity index (χ1) is 18.9. The predicted octanol–water partition coefficient (Wildman–Crippen LogP) is 4.96. The number of piperidine rings is 1. The van der Waals surface area contributed by atoms with E-state index < -0.39 is 0 Å². The Kier molecular flexibility index (Phi) is 7.65. The molecule has 4 aliphatic rings. The highest BCUT2D eigenvalue weighted by molar-refractivity contribution is 6.30. The summed E-state index contributed by atoms with van der Waals surface area (Å²) in [6.45, 7) is 4.98. The lowest BCUT2D eigenvalue weighted by Gasteiger charge is -2.32. The number of hydrogen-bond donors (Lipinski definition) is 0. The minimum atomic E-state index is -0.362. The molecule has 2 atom stereocenters. The second-order valence-corrected chi connectivity index (χ2v) is 12.0. The molecule has 3 aliphatic heterocycles. The predicted molar refractivity (Wildman–Crippen MR) is 149 cm³/mol. The molecule has 0 unspecified atom stereocenters. The molecule has 1 amide bonds. The zero-order valence-corrected chi connectivity index (χ0v) is 23.4. The van der Waals surface area contributed by atoms with Crippen molar-refractivity contribution in [2.75, 3.05) is 51.3 Å². The molecule has 1 aromatic heterocycles. The molecule has 39 heavy (non-hydrogen) atoms. The van der Waals surface area contributed by atoms with Crippen molar-refractivity contribution >= 4 is 23.5 Å². The second-order valence-electron chi connectivity index (χ2n) is 11.5. The summed E-state index contributed by atoms with van der Waals surface area (Å²) in [5.41, 5.74) is 3.18. The minimum absolute atomic E-state index is 0.00466. The lowest BCUT2D eigenvalue weighted by atomic mass is 9.90. The van der Waals surface area contributed by atoms with Crippen LogP contribution in [0.15, 0.2) is 41.9 Å². The van der Waals surface area contributed by atoms with Gasteiger partial charge in [-0.2, -0.15) is 0 Å². The molecule has 1 saturated heterocycles. The summed E-state index contributed by atoms with van der Waals surface area (Å²) in [6, 6.07) is 4.94. The van der Waals surface area contributed by atoms with E-state index in [9.17, 15) is 9.18 Å². The van der Waals surface area contributed by atoms with E-state index in [2.05, 4.69) is 26.8 Å². The van der Waals surface area contributed by atoms with Gasteiger partial charge in [0.05, 0.1) is 30.4 Å². The molecule has 0 bridgehead atoms. The van der Waals surface area contributed by atoms with E-state index in [1.54, 1.807) is 24.5 Å². The average Bonchev–Trinajstić information content (AvgIpc) is 3.63. The molecule has 1 aliphatic carbocycles. The number of amides is 1. The van der Waals surface area contributed by atoms with Gasteiger partial charge < -0.3 is 19.4 Å². The third-order valence-corrected chi connectivity index (χ3v) is 9.30. The summed E-state index contributed by atoms with van der Waals surface area (Å²) in [5.74, 6) is 3.13. The van der Waals surface area contributed by atoms with Crippen LogP contribution in [0.4, 0.5) is 10.3 Å². The molecule has 4 heterocycles. The fraction of sp³-hybridized carbons (Fsp3) is 0.567. The van der Waals surface area contributed by atoms with Gasteiger partial charge in [-0.1, -0.05) is 17.7 Å². The van der Waals surface area contributed by atoms with Crippen LogP contribution in [0.2, 0.25) is 5.02 Å². The van der Waals surface area contributed by atoms with Gasteiger partial charge in [0, 0.05) is 58.0 Å². The molecule has 6 rings (SSSR count). The number of anilines is 1. The maximum Gasteiger partial charge on any atom is 0.227 e. The first-order valence-electron chi connectivity index (χ1n) is 14.3. The minimum Gasteiger partial charge on any atom is -0.493 e. The Morgan fingerprint density at radius 2 is 1.92 bits per heavy atom. The summed E-state index contributed by atoms with van der Waals surface area (Å²) in [7, 11) is 2.12. The van der Waals surface area contributed by atoms with Gasteiger partial charge in [0.2, 0.25) is 11.9 Å². The third kappa shape index (κ3) is 6.01. The lowest BCUT2D eigenvalue weighted by molar-refractivity contribution is -0.130. The molecule has 208 valence electrons. The molecule has 7 nitrogen and oxygen atoms in total. The number of rotatable bonds is 8. The van der Waals surface area contributed by atoms with Crippen LogP contribution >= 0.6 is 11.6 Å². The Balaban J connectivity index is 0.918. The van der Waals surface area contributed by atoms with Crippen LogP contribution in [0.5, 0.6) is 5.75 Å². The monoisotopic (exact) mass is 553 g/mol. The summed E-state index contributed by atoms with van der Waals surface area (Å²) >= 11 is 5.91. The Morgan fingerprint density at radius 3 is 2.69 bits per heavy atom. The Labute approximate surface area is 235 Å². The van der Waals surface area contributed by atoms with E-state index in [-0.39, 0.29) is 18.1 Å². The van der Waals surface area contributed by atoms with Crippen molar-refractivity contribution in [3.05, 3.63) is 58.3 Å². The molecule has 9 heteroatoms. The number of carbonyl (C=O) groups is 1. The molecule has 1 aromatic carbocycles. The number of halogens is 2. The van der Waals surface area contributed by atoms with Crippen LogP contribution in [-0.4, -0.2) is 72.1 Å². The smallest absolute Gasteiger partial charge is 0.227 e.